The zero-order valence-electron chi connectivity index (χ0n) is 14.9. The fraction of sp³-hybridized carbons (Fsp3) is 0.550. The van der Waals surface area contributed by atoms with Gasteiger partial charge in [0.05, 0.1) is 17.6 Å². The van der Waals surface area contributed by atoms with Gasteiger partial charge in [-0.1, -0.05) is 55.5 Å². The fourth-order valence-corrected chi connectivity index (χ4v) is 2.16. The predicted octanol–water partition coefficient (Wildman–Crippen LogP) is 4.38. The van der Waals surface area contributed by atoms with E-state index in [1.807, 2.05) is 18.2 Å². The van der Waals surface area contributed by atoms with Gasteiger partial charge in [0.1, 0.15) is 0 Å². The predicted molar refractivity (Wildman–Crippen MR) is 104 cm³/mol. The van der Waals surface area contributed by atoms with Crippen LogP contribution in [-0.2, 0) is 4.79 Å². The number of carboxylic acids is 1. The number of unbranched alkanes of at least 4 members (excludes halogenated alkanes) is 1. The van der Waals surface area contributed by atoms with Gasteiger partial charge in [0.2, 0.25) is 0 Å². The molecule has 0 aliphatic rings. The molecule has 0 bridgehead atoms. The van der Waals surface area contributed by atoms with E-state index in [0.29, 0.717) is 25.7 Å². The summed E-state index contributed by atoms with van der Waals surface area (Å²) in [5.41, 5.74) is 0. The Kier molecular flexibility index (Phi) is 15.2. The summed E-state index contributed by atoms with van der Waals surface area (Å²) < 4.78 is 0. The molecule has 0 heterocycles. The number of alkyl halides is 1. The molecule has 3 unspecified atom stereocenters. The third-order valence-corrected chi connectivity index (χ3v) is 3.85. The van der Waals surface area contributed by atoms with Gasteiger partial charge in [0.25, 0.3) is 0 Å². The molecule has 0 saturated heterocycles. The monoisotopic (exact) mass is 370 g/mol. The first-order valence-corrected chi connectivity index (χ1v) is 9.26. The highest BCUT2D eigenvalue weighted by atomic mass is 35.5. The molecule has 4 nitrogen and oxygen atoms in total. The zero-order chi connectivity index (χ0) is 18.9. The number of hydrogen-bond acceptors (Lipinski definition) is 3. The Hall–Kier alpha value is -1.36. The molecule has 3 N–H and O–H groups in total. The summed E-state index contributed by atoms with van der Waals surface area (Å²) in [4.78, 5) is 10.4. The lowest BCUT2D eigenvalue weighted by Gasteiger charge is -2.12. The van der Waals surface area contributed by atoms with Crippen molar-refractivity contribution in [3.63, 3.8) is 0 Å². The van der Waals surface area contributed by atoms with Crippen LogP contribution in [0.5, 0.6) is 0 Å². The molecule has 25 heavy (non-hydrogen) atoms. The van der Waals surface area contributed by atoms with E-state index >= 15 is 0 Å². The van der Waals surface area contributed by atoms with Gasteiger partial charge >= 0.3 is 5.97 Å². The van der Waals surface area contributed by atoms with E-state index in [-0.39, 0.29) is 6.42 Å². The molecule has 3 atom stereocenters. The molecule has 142 valence electrons. The number of aliphatic hydroxyl groups excluding tert-OH is 2. The van der Waals surface area contributed by atoms with Crippen molar-refractivity contribution < 1.29 is 20.1 Å². The van der Waals surface area contributed by atoms with Crippen molar-refractivity contribution in [2.45, 2.75) is 69.5 Å². The van der Waals surface area contributed by atoms with Crippen LogP contribution in [0, 0.1) is 0 Å². The fourth-order valence-electron chi connectivity index (χ4n) is 1.97. The Morgan fingerprint density at radius 3 is 2.36 bits per heavy atom. The lowest BCUT2D eigenvalue weighted by molar-refractivity contribution is -0.137. The number of hydrogen-bond donors (Lipinski definition) is 3. The normalized spacial score (nSPS) is 16.3. The molecule has 0 fully saturated rings. The average Bonchev–Trinajstić information content (AvgIpc) is 2.58. The SMILES string of the molecule is CCC=CCC=CCC(O)C=CC(Cl)C(O)CC=CCCCC(=O)O. The van der Waals surface area contributed by atoms with Gasteiger partial charge in [0.15, 0.2) is 0 Å². The second-order valence-corrected chi connectivity index (χ2v) is 6.28. The number of aliphatic carboxylic acids is 1. The van der Waals surface area contributed by atoms with Crippen LogP contribution < -0.4 is 0 Å². The van der Waals surface area contributed by atoms with E-state index in [0.717, 1.165) is 12.8 Å². The number of aliphatic hydroxyl groups is 2. The van der Waals surface area contributed by atoms with Crippen molar-refractivity contribution in [2.24, 2.45) is 0 Å². The van der Waals surface area contributed by atoms with Crippen LogP contribution in [0.4, 0.5) is 0 Å². The van der Waals surface area contributed by atoms with Crippen LogP contribution in [0.15, 0.2) is 48.6 Å². The summed E-state index contributed by atoms with van der Waals surface area (Å²) in [5, 5.41) is 27.7. The van der Waals surface area contributed by atoms with E-state index in [1.165, 1.54) is 0 Å². The Bertz CT molecular complexity index is 455. The molecule has 0 aliphatic carbocycles. The molecule has 0 amide bonds. The largest absolute Gasteiger partial charge is 0.481 e. The van der Waals surface area contributed by atoms with Crippen molar-refractivity contribution in [3.8, 4) is 0 Å². The zero-order valence-corrected chi connectivity index (χ0v) is 15.7. The molecule has 0 aromatic heterocycles. The van der Waals surface area contributed by atoms with Gasteiger partial charge in [-0.3, -0.25) is 4.79 Å². The summed E-state index contributed by atoms with van der Waals surface area (Å²) in [7, 11) is 0. The third-order valence-electron chi connectivity index (χ3n) is 3.41. The minimum Gasteiger partial charge on any atom is -0.481 e. The van der Waals surface area contributed by atoms with Crippen LogP contribution in [0.25, 0.3) is 0 Å². The molecule has 0 aliphatic heterocycles. The number of carbonyl (C=O) groups is 1. The summed E-state index contributed by atoms with van der Waals surface area (Å²) in [6.07, 6.45) is 17.8. The third kappa shape index (κ3) is 15.9. The number of allylic oxidation sites excluding steroid dienone is 4. The van der Waals surface area contributed by atoms with Crippen molar-refractivity contribution >= 4 is 17.6 Å². The summed E-state index contributed by atoms with van der Waals surface area (Å²) in [6.45, 7) is 2.08. The van der Waals surface area contributed by atoms with Gasteiger partial charge in [0, 0.05) is 6.42 Å². The Balaban J connectivity index is 3.97. The van der Waals surface area contributed by atoms with E-state index < -0.39 is 23.6 Å². The molecule has 0 saturated carbocycles. The van der Waals surface area contributed by atoms with Gasteiger partial charge in [-0.2, -0.15) is 0 Å². The summed E-state index contributed by atoms with van der Waals surface area (Å²) in [5.74, 6) is -0.801. The molecule has 0 rings (SSSR count). The van der Waals surface area contributed by atoms with E-state index in [2.05, 4.69) is 19.1 Å². The Morgan fingerprint density at radius 2 is 1.68 bits per heavy atom. The number of rotatable bonds is 14. The van der Waals surface area contributed by atoms with E-state index in [9.17, 15) is 15.0 Å². The lowest BCUT2D eigenvalue weighted by atomic mass is 10.1. The minimum absolute atomic E-state index is 0.148. The minimum atomic E-state index is -0.801. The van der Waals surface area contributed by atoms with Crippen LogP contribution >= 0.6 is 11.6 Å². The number of carboxylic acid groups (broad SMARTS) is 1. The first kappa shape index (κ1) is 23.6. The highest BCUT2D eigenvalue weighted by molar-refractivity contribution is 6.22. The van der Waals surface area contributed by atoms with E-state index in [1.54, 1.807) is 18.2 Å². The highest BCUT2D eigenvalue weighted by Gasteiger charge is 2.12. The Labute approximate surface area is 156 Å². The molecular weight excluding hydrogens is 340 g/mol. The van der Waals surface area contributed by atoms with Crippen molar-refractivity contribution in [2.75, 3.05) is 0 Å². The van der Waals surface area contributed by atoms with Crippen molar-refractivity contribution in [1.82, 2.24) is 0 Å². The standard InChI is InChI=1S/C20H31ClO4/c1-2-3-4-5-6-9-12-17(22)15-16-18(21)19(23)13-10-7-8-11-14-20(24)25/h3-4,6-7,9-10,15-19,22-23H,2,5,8,11-14H2,1H3,(H,24,25). The first-order valence-electron chi connectivity index (χ1n) is 8.82. The van der Waals surface area contributed by atoms with Gasteiger partial charge in [-0.25, -0.2) is 0 Å². The maximum absolute atomic E-state index is 10.4. The van der Waals surface area contributed by atoms with Crippen molar-refractivity contribution in [3.05, 3.63) is 48.6 Å². The molecule has 5 heteroatoms. The lowest BCUT2D eigenvalue weighted by Crippen LogP contribution is -2.18. The van der Waals surface area contributed by atoms with Crippen LogP contribution in [0.1, 0.15) is 51.9 Å². The molecule has 0 radical (unpaired) electrons. The van der Waals surface area contributed by atoms with Crippen LogP contribution in [-0.4, -0.2) is 38.9 Å². The maximum Gasteiger partial charge on any atom is 0.303 e. The Morgan fingerprint density at radius 1 is 1.00 bits per heavy atom. The molecule has 0 aromatic carbocycles. The summed E-state index contributed by atoms with van der Waals surface area (Å²) >= 11 is 6.09. The highest BCUT2D eigenvalue weighted by Crippen LogP contribution is 2.11. The van der Waals surface area contributed by atoms with Crippen LogP contribution in [0.2, 0.25) is 0 Å². The first-order chi connectivity index (χ1) is 12.0. The second-order valence-electron chi connectivity index (χ2n) is 5.78. The van der Waals surface area contributed by atoms with Gasteiger partial charge in [-0.15, -0.1) is 11.6 Å². The molecule has 0 aromatic rings. The maximum atomic E-state index is 10.4. The smallest absolute Gasteiger partial charge is 0.303 e. The molecule has 0 spiro atoms. The summed E-state index contributed by atoms with van der Waals surface area (Å²) in [6, 6.07) is 0. The van der Waals surface area contributed by atoms with Gasteiger partial charge in [-0.05, 0) is 38.5 Å². The second kappa shape index (κ2) is 16.1. The van der Waals surface area contributed by atoms with E-state index in [4.69, 9.17) is 16.7 Å². The average molecular weight is 371 g/mol. The van der Waals surface area contributed by atoms with Gasteiger partial charge < -0.3 is 15.3 Å². The van der Waals surface area contributed by atoms with Crippen molar-refractivity contribution in [1.29, 1.82) is 0 Å². The number of halogens is 1. The quantitative estimate of drug-likeness (QED) is 0.241. The molecular formula is C20H31ClO4. The van der Waals surface area contributed by atoms with Crippen LogP contribution in [0.3, 0.4) is 0 Å². The topological polar surface area (TPSA) is 77.8 Å².